The summed E-state index contributed by atoms with van der Waals surface area (Å²) >= 11 is 0. The van der Waals surface area contributed by atoms with Gasteiger partial charge in [-0.2, -0.15) is 13.2 Å². The standard InChI is InChI=1S/C12H14F3N.ClH/c13-12(14,15)10-6-4-9(5-7-10)11(16)8-2-1-3-8;/h4-8,11H,1-3,16H2;1H/t11-;/m1./s1. The third-order valence-electron chi connectivity index (χ3n) is 3.28. The van der Waals surface area contributed by atoms with E-state index in [2.05, 4.69) is 0 Å². The van der Waals surface area contributed by atoms with Gasteiger partial charge in [0.05, 0.1) is 5.56 Å². The summed E-state index contributed by atoms with van der Waals surface area (Å²) in [5.41, 5.74) is 6.17. The highest BCUT2D eigenvalue weighted by Crippen LogP contribution is 2.37. The molecule has 0 bridgehead atoms. The maximum Gasteiger partial charge on any atom is 0.416 e. The van der Waals surface area contributed by atoms with Gasteiger partial charge >= 0.3 is 6.18 Å². The maximum absolute atomic E-state index is 12.3. The van der Waals surface area contributed by atoms with Crippen molar-refractivity contribution in [2.24, 2.45) is 11.7 Å². The molecule has 1 nitrogen and oxygen atoms in total. The van der Waals surface area contributed by atoms with E-state index in [1.54, 1.807) is 0 Å². The fourth-order valence-corrected chi connectivity index (χ4v) is 1.97. The number of nitrogens with two attached hydrogens (primary N) is 1. The van der Waals surface area contributed by atoms with E-state index in [4.69, 9.17) is 5.73 Å². The highest BCUT2D eigenvalue weighted by molar-refractivity contribution is 5.85. The molecule has 0 aromatic heterocycles. The van der Waals surface area contributed by atoms with Crippen molar-refractivity contribution in [1.82, 2.24) is 0 Å². The lowest BCUT2D eigenvalue weighted by Gasteiger charge is -2.31. The zero-order chi connectivity index (χ0) is 11.8. The summed E-state index contributed by atoms with van der Waals surface area (Å²) in [6.45, 7) is 0. The zero-order valence-electron chi connectivity index (χ0n) is 9.20. The minimum absolute atomic E-state index is 0. The van der Waals surface area contributed by atoms with Crippen molar-refractivity contribution < 1.29 is 13.2 Å². The summed E-state index contributed by atoms with van der Waals surface area (Å²) in [6.07, 6.45) is -0.914. The van der Waals surface area contributed by atoms with Crippen LogP contribution in [0.5, 0.6) is 0 Å². The van der Waals surface area contributed by atoms with Crippen LogP contribution in [0.15, 0.2) is 24.3 Å². The molecule has 0 heterocycles. The van der Waals surface area contributed by atoms with Crippen molar-refractivity contribution in [3.05, 3.63) is 35.4 Å². The molecular weight excluding hydrogens is 251 g/mol. The highest BCUT2D eigenvalue weighted by Gasteiger charge is 2.31. The van der Waals surface area contributed by atoms with Crippen LogP contribution in [0.2, 0.25) is 0 Å². The van der Waals surface area contributed by atoms with E-state index >= 15 is 0 Å². The summed E-state index contributed by atoms with van der Waals surface area (Å²) in [4.78, 5) is 0. The van der Waals surface area contributed by atoms with E-state index in [-0.39, 0.29) is 18.4 Å². The Hall–Kier alpha value is -0.740. The molecule has 96 valence electrons. The number of hydrogen-bond donors (Lipinski definition) is 1. The second-order valence-corrected chi connectivity index (χ2v) is 4.34. The van der Waals surface area contributed by atoms with Crippen molar-refractivity contribution in [2.75, 3.05) is 0 Å². The molecule has 5 heteroatoms. The van der Waals surface area contributed by atoms with Crippen LogP contribution >= 0.6 is 12.4 Å². The van der Waals surface area contributed by atoms with Gasteiger partial charge in [0.2, 0.25) is 0 Å². The fourth-order valence-electron chi connectivity index (χ4n) is 1.97. The van der Waals surface area contributed by atoms with Crippen LogP contribution in [0.3, 0.4) is 0 Å². The normalized spacial score (nSPS) is 18.1. The molecule has 1 saturated carbocycles. The van der Waals surface area contributed by atoms with Crippen LogP contribution in [-0.4, -0.2) is 0 Å². The van der Waals surface area contributed by atoms with Gasteiger partial charge in [-0.25, -0.2) is 0 Å². The lowest BCUT2D eigenvalue weighted by Crippen LogP contribution is -2.26. The molecule has 17 heavy (non-hydrogen) atoms. The molecule has 1 atom stereocenters. The smallest absolute Gasteiger partial charge is 0.324 e. The molecule has 1 aromatic rings. The Morgan fingerprint density at radius 2 is 1.65 bits per heavy atom. The molecular formula is C12H15ClF3N. The monoisotopic (exact) mass is 265 g/mol. The van der Waals surface area contributed by atoms with Crippen molar-refractivity contribution in [2.45, 2.75) is 31.5 Å². The first-order valence-corrected chi connectivity index (χ1v) is 5.41. The van der Waals surface area contributed by atoms with Gasteiger partial charge in [0, 0.05) is 6.04 Å². The number of alkyl halides is 3. The summed E-state index contributed by atoms with van der Waals surface area (Å²) in [5.74, 6) is 0.441. The summed E-state index contributed by atoms with van der Waals surface area (Å²) in [7, 11) is 0. The first kappa shape index (κ1) is 14.3. The quantitative estimate of drug-likeness (QED) is 0.862. The van der Waals surface area contributed by atoms with Crippen LogP contribution in [0.1, 0.15) is 36.4 Å². The van der Waals surface area contributed by atoms with Gasteiger partial charge < -0.3 is 5.73 Å². The minimum Gasteiger partial charge on any atom is -0.324 e. The van der Waals surface area contributed by atoms with Crippen LogP contribution < -0.4 is 5.73 Å². The molecule has 0 amide bonds. The lowest BCUT2D eigenvalue weighted by molar-refractivity contribution is -0.137. The predicted octanol–water partition coefficient (Wildman–Crippen LogP) is 3.93. The average molecular weight is 266 g/mol. The topological polar surface area (TPSA) is 26.0 Å². The Balaban J connectivity index is 0.00000144. The van der Waals surface area contributed by atoms with E-state index < -0.39 is 11.7 Å². The fraction of sp³-hybridized carbons (Fsp3) is 0.500. The molecule has 1 aromatic carbocycles. The number of halogens is 4. The van der Waals surface area contributed by atoms with Crippen LogP contribution in [0, 0.1) is 5.92 Å². The summed E-state index contributed by atoms with van der Waals surface area (Å²) in [5, 5.41) is 0. The molecule has 1 aliphatic rings. The Kier molecular flexibility index (Phi) is 4.44. The van der Waals surface area contributed by atoms with Crippen molar-refractivity contribution in [3.8, 4) is 0 Å². The first-order valence-electron chi connectivity index (χ1n) is 5.41. The Morgan fingerprint density at radius 1 is 1.12 bits per heavy atom. The van der Waals surface area contributed by atoms with Crippen LogP contribution in [-0.2, 0) is 6.18 Å². The van der Waals surface area contributed by atoms with E-state index in [0.717, 1.165) is 30.5 Å². The second-order valence-electron chi connectivity index (χ2n) is 4.34. The molecule has 1 aliphatic carbocycles. The van der Waals surface area contributed by atoms with E-state index in [1.807, 2.05) is 0 Å². The molecule has 0 aliphatic heterocycles. The van der Waals surface area contributed by atoms with Gasteiger partial charge in [0.25, 0.3) is 0 Å². The minimum atomic E-state index is -4.26. The van der Waals surface area contributed by atoms with Crippen molar-refractivity contribution >= 4 is 12.4 Å². The van der Waals surface area contributed by atoms with Crippen molar-refractivity contribution in [1.29, 1.82) is 0 Å². The molecule has 2 rings (SSSR count). The average Bonchev–Trinajstić information content (AvgIpc) is 2.14. The molecule has 1 fully saturated rings. The second kappa shape index (κ2) is 5.27. The summed E-state index contributed by atoms with van der Waals surface area (Å²) in [6, 6.07) is 5.08. The van der Waals surface area contributed by atoms with Gasteiger partial charge in [-0.3, -0.25) is 0 Å². The van der Waals surface area contributed by atoms with Gasteiger partial charge in [-0.1, -0.05) is 18.6 Å². The summed E-state index contributed by atoms with van der Waals surface area (Å²) < 4.78 is 37.0. The number of rotatable bonds is 2. The molecule has 0 saturated heterocycles. The first-order chi connectivity index (χ1) is 7.48. The van der Waals surface area contributed by atoms with E-state index in [0.29, 0.717) is 5.92 Å². The maximum atomic E-state index is 12.3. The number of hydrogen-bond acceptors (Lipinski definition) is 1. The Bertz CT molecular complexity index is 357. The Labute approximate surface area is 105 Å². The molecule has 2 N–H and O–H groups in total. The number of benzene rings is 1. The van der Waals surface area contributed by atoms with Gasteiger partial charge in [-0.15, -0.1) is 12.4 Å². The SMILES string of the molecule is Cl.N[C@@H](c1ccc(C(F)(F)F)cc1)C1CCC1. The molecule has 0 unspecified atom stereocenters. The van der Waals surface area contributed by atoms with Gasteiger partial charge in [0.1, 0.15) is 0 Å². The van der Waals surface area contributed by atoms with Gasteiger partial charge in [0.15, 0.2) is 0 Å². The zero-order valence-corrected chi connectivity index (χ0v) is 10.0. The van der Waals surface area contributed by atoms with E-state index in [1.165, 1.54) is 18.6 Å². The lowest BCUT2D eigenvalue weighted by atomic mass is 9.77. The third kappa shape index (κ3) is 3.13. The Morgan fingerprint density at radius 3 is 2.00 bits per heavy atom. The van der Waals surface area contributed by atoms with Gasteiger partial charge in [-0.05, 0) is 36.5 Å². The highest BCUT2D eigenvalue weighted by atomic mass is 35.5. The van der Waals surface area contributed by atoms with Crippen LogP contribution in [0.25, 0.3) is 0 Å². The van der Waals surface area contributed by atoms with Crippen LogP contribution in [0.4, 0.5) is 13.2 Å². The third-order valence-corrected chi connectivity index (χ3v) is 3.28. The molecule has 0 spiro atoms. The van der Waals surface area contributed by atoms with E-state index in [9.17, 15) is 13.2 Å². The molecule has 0 radical (unpaired) electrons. The predicted molar refractivity (Wildman–Crippen MR) is 63.0 cm³/mol. The van der Waals surface area contributed by atoms with Crippen molar-refractivity contribution in [3.63, 3.8) is 0 Å². The largest absolute Gasteiger partial charge is 0.416 e.